The number of benzene rings is 2. The number of hydrogen-bond donors (Lipinski definition) is 0. The molecule has 0 atom stereocenters. The number of carbonyl (C=O) groups is 1. The van der Waals surface area contributed by atoms with Gasteiger partial charge in [0.1, 0.15) is 5.69 Å². The van der Waals surface area contributed by atoms with Gasteiger partial charge in [-0.25, -0.2) is 0 Å². The Morgan fingerprint density at radius 1 is 1.10 bits per heavy atom. The average Bonchev–Trinajstić information content (AvgIpc) is 2.79. The highest BCUT2D eigenvalue weighted by molar-refractivity contribution is 6.67. The molecule has 0 spiro atoms. The number of nitrogens with zero attached hydrogens (tertiary/aromatic N) is 1. The molecule has 4 heteroatoms. The van der Waals surface area contributed by atoms with Gasteiger partial charge in [0.05, 0.1) is 0 Å². The number of fused-ring (bicyclic) bond motifs is 1. The van der Waals surface area contributed by atoms with Crippen molar-refractivity contribution in [2.24, 2.45) is 0 Å². The zero-order valence-electron chi connectivity index (χ0n) is 11.4. The molecule has 0 unspecified atom stereocenters. The van der Waals surface area contributed by atoms with Crippen LogP contribution in [0.1, 0.15) is 21.6 Å². The minimum Gasteiger partial charge on any atom is -0.333 e. The Balaban J connectivity index is 2.13. The fourth-order valence-corrected chi connectivity index (χ4v) is 2.79. The van der Waals surface area contributed by atoms with Gasteiger partial charge in [-0.1, -0.05) is 41.4 Å². The Labute approximate surface area is 132 Å². The van der Waals surface area contributed by atoms with Gasteiger partial charge in [-0.2, -0.15) is 0 Å². The molecular formula is C17H13Cl2NO. The molecule has 0 amide bonds. The van der Waals surface area contributed by atoms with Crippen LogP contribution in [0.4, 0.5) is 0 Å². The molecule has 2 aromatic carbocycles. The summed E-state index contributed by atoms with van der Waals surface area (Å²) < 4.78 is 1.92. The first-order valence-electron chi connectivity index (χ1n) is 6.59. The van der Waals surface area contributed by atoms with Crippen LogP contribution in [0.25, 0.3) is 10.9 Å². The number of aryl methyl sites for hydroxylation is 1. The van der Waals surface area contributed by atoms with E-state index in [9.17, 15) is 4.79 Å². The van der Waals surface area contributed by atoms with Gasteiger partial charge in [0.2, 0.25) is 0 Å². The van der Waals surface area contributed by atoms with E-state index in [1.165, 1.54) is 5.56 Å². The molecule has 1 aromatic heterocycles. The molecule has 106 valence electrons. The van der Waals surface area contributed by atoms with E-state index in [1.54, 1.807) is 6.07 Å². The summed E-state index contributed by atoms with van der Waals surface area (Å²) >= 11 is 11.7. The molecule has 21 heavy (non-hydrogen) atoms. The molecule has 0 saturated heterocycles. The van der Waals surface area contributed by atoms with Crippen LogP contribution in [0.3, 0.4) is 0 Å². The molecular weight excluding hydrogens is 305 g/mol. The fraction of sp³-hybridized carbons (Fsp3) is 0.118. The maximum absolute atomic E-state index is 11.7. The summed E-state index contributed by atoms with van der Waals surface area (Å²) in [4.78, 5) is 11.7. The number of carbonyl (C=O) groups excluding carboxylic acids is 1. The van der Waals surface area contributed by atoms with Crippen molar-refractivity contribution in [3.8, 4) is 0 Å². The molecule has 1 heterocycles. The Morgan fingerprint density at radius 3 is 2.48 bits per heavy atom. The molecule has 3 rings (SSSR count). The maximum atomic E-state index is 11.7. The van der Waals surface area contributed by atoms with E-state index in [2.05, 4.69) is 24.3 Å². The molecule has 0 radical (unpaired) electrons. The summed E-state index contributed by atoms with van der Waals surface area (Å²) in [7, 11) is 0. The van der Waals surface area contributed by atoms with Crippen LogP contribution < -0.4 is 0 Å². The SMILES string of the molecule is Cc1ccc(Cn2c(C(=O)Cl)cc3cc(Cl)ccc32)cc1. The number of rotatable bonds is 3. The molecule has 0 aliphatic carbocycles. The third-order valence-corrected chi connectivity index (χ3v) is 3.95. The lowest BCUT2D eigenvalue weighted by Gasteiger charge is -2.09. The highest BCUT2D eigenvalue weighted by atomic mass is 35.5. The molecule has 2 nitrogen and oxygen atoms in total. The van der Waals surface area contributed by atoms with Gasteiger partial charge in [0, 0.05) is 22.5 Å². The van der Waals surface area contributed by atoms with Gasteiger partial charge in [0.15, 0.2) is 0 Å². The van der Waals surface area contributed by atoms with Gasteiger partial charge in [-0.05, 0) is 48.4 Å². The largest absolute Gasteiger partial charge is 0.333 e. The first-order chi connectivity index (χ1) is 10.0. The second kappa shape index (κ2) is 5.55. The standard InChI is InChI=1S/C17H13Cl2NO/c1-11-2-4-12(5-3-11)10-20-15-7-6-14(18)8-13(15)9-16(20)17(19)21/h2-9H,10H2,1H3. The van der Waals surface area contributed by atoms with Crippen molar-refractivity contribution in [1.29, 1.82) is 0 Å². The highest BCUT2D eigenvalue weighted by Gasteiger charge is 2.14. The smallest absolute Gasteiger partial charge is 0.268 e. The van der Waals surface area contributed by atoms with Gasteiger partial charge < -0.3 is 4.57 Å². The predicted octanol–water partition coefficient (Wildman–Crippen LogP) is 5.03. The first-order valence-corrected chi connectivity index (χ1v) is 7.34. The third kappa shape index (κ3) is 2.82. The van der Waals surface area contributed by atoms with E-state index < -0.39 is 5.24 Å². The van der Waals surface area contributed by atoms with E-state index in [0.717, 1.165) is 16.5 Å². The predicted molar refractivity (Wildman–Crippen MR) is 87.4 cm³/mol. The molecule has 0 saturated carbocycles. The molecule has 0 aliphatic rings. The van der Waals surface area contributed by atoms with Crippen LogP contribution in [0.5, 0.6) is 0 Å². The van der Waals surface area contributed by atoms with Crippen molar-refractivity contribution in [3.05, 3.63) is 70.4 Å². The quantitative estimate of drug-likeness (QED) is 0.621. The minimum atomic E-state index is -0.463. The number of halogens is 2. The fourth-order valence-electron chi connectivity index (χ4n) is 2.45. The van der Waals surface area contributed by atoms with E-state index >= 15 is 0 Å². The Hall–Kier alpha value is -1.77. The summed E-state index contributed by atoms with van der Waals surface area (Å²) in [5, 5.41) is 1.09. The van der Waals surface area contributed by atoms with Crippen LogP contribution in [0.2, 0.25) is 5.02 Å². The van der Waals surface area contributed by atoms with E-state index in [0.29, 0.717) is 17.3 Å². The third-order valence-electron chi connectivity index (χ3n) is 3.53. The Bertz CT molecular complexity index is 819. The van der Waals surface area contributed by atoms with E-state index in [-0.39, 0.29) is 0 Å². The molecule has 0 N–H and O–H groups in total. The maximum Gasteiger partial charge on any atom is 0.268 e. The number of hydrogen-bond acceptors (Lipinski definition) is 1. The lowest BCUT2D eigenvalue weighted by atomic mass is 10.1. The van der Waals surface area contributed by atoms with Gasteiger partial charge in [0.25, 0.3) is 5.24 Å². The second-order valence-electron chi connectivity index (χ2n) is 5.08. The summed E-state index contributed by atoms with van der Waals surface area (Å²) in [5.41, 5.74) is 3.75. The zero-order valence-corrected chi connectivity index (χ0v) is 12.9. The normalized spacial score (nSPS) is 11.0. The molecule has 0 aliphatic heterocycles. The Morgan fingerprint density at radius 2 is 1.81 bits per heavy atom. The van der Waals surface area contributed by atoms with Crippen molar-refractivity contribution in [1.82, 2.24) is 4.57 Å². The average molecular weight is 318 g/mol. The zero-order chi connectivity index (χ0) is 15.0. The second-order valence-corrected chi connectivity index (χ2v) is 5.86. The van der Waals surface area contributed by atoms with E-state index in [4.69, 9.17) is 23.2 Å². The summed E-state index contributed by atoms with van der Waals surface area (Å²) in [6.45, 7) is 2.64. The number of aromatic nitrogens is 1. The van der Waals surface area contributed by atoms with Crippen LogP contribution in [-0.4, -0.2) is 9.81 Å². The van der Waals surface area contributed by atoms with Crippen LogP contribution in [0.15, 0.2) is 48.5 Å². The highest BCUT2D eigenvalue weighted by Crippen LogP contribution is 2.25. The lowest BCUT2D eigenvalue weighted by Crippen LogP contribution is -2.06. The van der Waals surface area contributed by atoms with Crippen LogP contribution in [0, 0.1) is 6.92 Å². The molecule has 3 aromatic rings. The summed E-state index contributed by atoms with van der Waals surface area (Å²) in [6.07, 6.45) is 0. The van der Waals surface area contributed by atoms with Crippen molar-refractivity contribution >= 4 is 39.3 Å². The van der Waals surface area contributed by atoms with Crippen molar-refractivity contribution in [2.45, 2.75) is 13.5 Å². The lowest BCUT2D eigenvalue weighted by molar-refractivity contribution is 0.107. The topological polar surface area (TPSA) is 22.0 Å². The van der Waals surface area contributed by atoms with Crippen molar-refractivity contribution < 1.29 is 4.79 Å². The minimum absolute atomic E-state index is 0.463. The van der Waals surface area contributed by atoms with Gasteiger partial charge in [-0.3, -0.25) is 4.79 Å². The summed E-state index contributed by atoms with van der Waals surface area (Å²) in [5.74, 6) is 0. The van der Waals surface area contributed by atoms with Crippen molar-refractivity contribution in [2.75, 3.05) is 0 Å². The monoisotopic (exact) mass is 317 g/mol. The first kappa shape index (κ1) is 14.2. The molecule has 0 bridgehead atoms. The van der Waals surface area contributed by atoms with Crippen LogP contribution in [-0.2, 0) is 6.54 Å². The van der Waals surface area contributed by atoms with Gasteiger partial charge in [-0.15, -0.1) is 0 Å². The van der Waals surface area contributed by atoms with Crippen LogP contribution >= 0.6 is 23.2 Å². The van der Waals surface area contributed by atoms with Gasteiger partial charge >= 0.3 is 0 Å². The summed E-state index contributed by atoms with van der Waals surface area (Å²) in [6, 6.07) is 15.6. The van der Waals surface area contributed by atoms with E-state index in [1.807, 2.05) is 29.7 Å². The Kier molecular flexibility index (Phi) is 3.75. The molecule has 0 fully saturated rings. The van der Waals surface area contributed by atoms with Crippen molar-refractivity contribution in [3.63, 3.8) is 0 Å².